The molecule has 3 nitrogen and oxygen atoms in total. The molecular formula is C36H18N2O. The zero-order chi connectivity index (χ0) is 25.0. The van der Waals surface area contributed by atoms with Gasteiger partial charge < -0.3 is 13.2 Å². The van der Waals surface area contributed by atoms with Crippen molar-refractivity contribution in [3.63, 3.8) is 0 Å². The highest BCUT2D eigenvalue weighted by Gasteiger charge is 2.25. The van der Waals surface area contributed by atoms with Crippen molar-refractivity contribution in [3.8, 4) is 0 Å². The number of hydrogen-bond acceptors (Lipinski definition) is 1. The van der Waals surface area contributed by atoms with Crippen LogP contribution in [0.1, 0.15) is 0 Å². The number of benzene rings is 6. The third-order valence-electron chi connectivity index (χ3n) is 9.15. The average molecular weight is 495 g/mol. The van der Waals surface area contributed by atoms with Gasteiger partial charge in [-0.2, -0.15) is 0 Å². The SMILES string of the molecule is c1ccc2c(c1)oc1cc3c4c5c6cccc7c8ccccc8n(c5cc5c8ccccc8n(c3cc12)c54)c76. The predicted molar refractivity (Wildman–Crippen MR) is 163 cm³/mol. The standard InChI is InChI=1S/C36H18N2O/c1-4-13-27-19(8-1)22-11-7-12-23-33-30(38(27)35(22)23)17-25-20-9-2-5-14-28(20)37-29-16-24-21-10-3-6-15-31(21)39-32(24)18-26(29)34(33)36(25)37/h1-18H. The molecule has 0 N–H and O–H groups in total. The number of hydrogen-bond donors (Lipinski definition) is 0. The third-order valence-corrected chi connectivity index (χ3v) is 9.15. The number of rotatable bonds is 0. The molecule has 11 aromatic rings. The molecule has 0 aliphatic carbocycles. The molecule has 0 aliphatic rings. The first kappa shape index (κ1) is 18.9. The van der Waals surface area contributed by atoms with E-state index in [4.69, 9.17) is 4.42 Å². The van der Waals surface area contributed by atoms with Crippen molar-refractivity contribution in [2.75, 3.05) is 0 Å². The summed E-state index contributed by atoms with van der Waals surface area (Å²) in [7, 11) is 0. The molecule has 178 valence electrons. The van der Waals surface area contributed by atoms with Gasteiger partial charge in [-0.15, -0.1) is 0 Å². The van der Waals surface area contributed by atoms with E-state index in [9.17, 15) is 0 Å². The van der Waals surface area contributed by atoms with Gasteiger partial charge in [-0.05, 0) is 36.4 Å². The molecule has 0 spiro atoms. The van der Waals surface area contributed by atoms with Gasteiger partial charge in [-0.25, -0.2) is 0 Å². The minimum Gasteiger partial charge on any atom is -0.456 e. The number of fused-ring (bicyclic) bond motifs is 16. The first-order chi connectivity index (χ1) is 19.4. The van der Waals surface area contributed by atoms with Crippen LogP contribution in [0.15, 0.2) is 114 Å². The second-order valence-corrected chi connectivity index (χ2v) is 10.9. The highest BCUT2D eigenvalue weighted by atomic mass is 16.3. The normalized spacial score (nSPS) is 13.1. The van der Waals surface area contributed by atoms with Crippen LogP contribution in [0.25, 0.3) is 98.1 Å². The number of furan rings is 1. The molecule has 5 aromatic heterocycles. The summed E-state index contributed by atoms with van der Waals surface area (Å²) < 4.78 is 11.4. The fraction of sp³-hybridized carbons (Fsp3) is 0. The minimum atomic E-state index is 0.935. The van der Waals surface area contributed by atoms with E-state index in [1.165, 1.54) is 81.6 Å². The molecule has 0 aliphatic heterocycles. The Morgan fingerprint density at radius 1 is 0.359 bits per heavy atom. The molecule has 0 fully saturated rings. The summed E-state index contributed by atoms with van der Waals surface area (Å²) in [4.78, 5) is 0. The molecule has 5 heterocycles. The maximum atomic E-state index is 6.40. The van der Waals surface area contributed by atoms with Crippen molar-refractivity contribution in [1.82, 2.24) is 8.80 Å². The zero-order valence-corrected chi connectivity index (χ0v) is 20.7. The highest BCUT2D eigenvalue weighted by Crippen LogP contribution is 2.49. The second-order valence-electron chi connectivity index (χ2n) is 10.9. The third kappa shape index (κ3) is 1.95. The molecule has 11 rings (SSSR count). The van der Waals surface area contributed by atoms with E-state index >= 15 is 0 Å². The van der Waals surface area contributed by atoms with Crippen molar-refractivity contribution in [3.05, 3.63) is 109 Å². The smallest absolute Gasteiger partial charge is 0.136 e. The summed E-state index contributed by atoms with van der Waals surface area (Å²) in [5, 5.41) is 12.7. The minimum absolute atomic E-state index is 0.935. The molecule has 0 saturated heterocycles. The van der Waals surface area contributed by atoms with Gasteiger partial charge in [-0.3, -0.25) is 0 Å². The van der Waals surface area contributed by atoms with Crippen LogP contribution in [-0.4, -0.2) is 8.80 Å². The predicted octanol–water partition coefficient (Wildman–Crippen LogP) is 9.89. The molecule has 0 unspecified atom stereocenters. The summed E-state index contributed by atoms with van der Waals surface area (Å²) in [6, 6.07) is 39.9. The summed E-state index contributed by atoms with van der Waals surface area (Å²) in [5.41, 5.74) is 9.50. The van der Waals surface area contributed by atoms with E-state index < -0.39 is 0 Å². The molecular weight excluding hydrogens is 476 g/mol. The molecule has 3 heteroatoms. The lowest BCUT2D eigenvalue weighted by molar-refractivity contribution is 0.669. The quantitative estimate of drug-likeness (QED) is 0.206. The van der Waals surface area contributed by atoms with Crippen molar-refractivity contribution in [2.45, 2.75) is 0 Å². The van der Waals surface area contributed by atoms with Gasteiger partial charge in [0.05, 0.1) is 33.1 Å². The Morgan fingerprint density at radius 3 is 1.85 bits per heavy atom. The van der Waals surface area contributed by atoms with Crippen molar-refractivity contribution in [2.24, 2.45) is 0 Å². The summed E-state index contributed by atoms with van der Waals surface area (Å²) in [6.45, 7) is 0. The van der Waals surface area contributed by atoms with Gasteiger partial charge in [0.1, 0.15) is 11.2 Å². The maximum absolute atomic E-state index is 6.40. The first-order valence-electron chi connectivity index (χ1n) is 13.5. The van der Waals surface area contributed by atoms with Crippen molar-refractivity contribution >= 4 is 98.1 Å². The van der Waals surface area contributed by atoms with Gasteiger partial charge in [-0.1, -0.05) is 72.8 Å². The Balaban J connectivity index is 1.52. The van der Waals surface area contributed by atoms with Crippen molar-refractivity contribution in [1.29, 1.82) is 0 Å². The summed E-state index contributed by atoms with van der Waals surface area (Å²) in [6.07, 6.45) is 0. The van der Waals surface area contributed by atoms with E-state index in [-0.39, 0.29) is 0 Å². The Morgan fingerprint density at radius 2 is 1.00 bits per heavy atom. The van der Waals surface area contributed by atoms with Crippen molar-refractivity contribution < 1.29 is 4.42 Å². The number of nitrogens with zero attached hydrogens (tertiary/aromatic N) is 2. The Hall–Kier alpha value is -5.28. The Bertz CT molecular complexity index is 2820. The highest BCUT2D eigenvalue weighted by molar-refractivity contribution is 6.38. The van der Waals surface area contributed by atoms with E-state index in [1.807, 2.05) is 6.07 Å². The van der Waals surface area contributed by atoms with E-state index in [0.29, 0.717) is 0 Å². The molecule has 0 atom stereocenters. The maximum Gasteiger partial charge on any atom is 0.136 e. The molecule has 0 amide bonds. The molecule has 0 bridgehead atoms. The van der Waals surface area contributed by atoms with Crippen LogP contribution in [0.2, 0.25) is 0 Å². The van der Waals surface area contributed by atoms with Gasteiger partial charge >= 0.3 is 0 Å². The molecule has 39 heavy (non-hydrogen) atoms. The van der Waals surface area contributed by atoms with E-state index in [2.05, 4.69) is 112 Å². The van der Waals surface area contributed by atoms with Gasteiger partial charge in [0, 0.05) is 53.9 Å². The summed E-state index contributed by atoms with van der Waals surface area (Å²) in [5.74, 6) is 0. The van der Waals surface area contributed by atoms with Crippen LogP contribution in [0, 0.1) is 0 Å². The van der Waals surface area contributed by atoms with Crippen LogP contribution >= 0.6 is 0 Å². The fourth-order valence-corrected chi connectivity index (χ4v) is 7.69. The fourth-order valence-electron chi connectivity index (χ4n) is 7.69. The second kappa shape index (κ2) is 6.06. The Labute approximate surface area is 220 Å². The lowest BCUT2D eigenvalue weighted by Crippen LogP contribution is -1.81. The van der Waals surface area contributed by atoms with Crippen LogP contribution in [-0.2, 0) is 0 Å². The van der Waals surface area contributed by atoms with Gasteiger partial charge in [0.15, 0.2) is 0 Å². The molecule has 6 aromatic carbocycles. The molecule has 0 radical (unpaired) electrons. The monoisotopic (exact) mass is 494 g/mol. The topological polar surface area (TPSA) is 22.0 Å². The zero-order valence-electron chi connectivity index (χ0n) is 20.7. The largest absolute Gasteiger partial charge is 0.456 e. The summed E-state index contributed by atoms with van der Waals surface area (Å²) >= 11 is 0. The lowest BCUT2D eigenvalue weighted by atomic mass is 10.0. The Kier molecular flexibility index (Phi) is 2.93. The lowest BCUT2D eigenvalue weighted by Gasteiger charge is -2.02. The van der Waals surface area contributed by atoms with E-state index in [1.54, 1.807) is 0 Å². The number of aromatic nitrogens is 2. The first-order valence-corrected chi connectivity index (χ1v) is 13.5. The van der Waals surface area contributed by atoms with E-state index in [0.717, 1.165) is 16.6 Å². The average Bonchev–Trinajstić information content (AvgIpc) is 3.76. The van der Waals surface area contributed by atoms with Crippen LogP contribution in [0.3, 0.4) is 0 Å². The van der Waals surface area contributed by atoms with Crippen LogP contribution < -0.4 is 0 Å². The van der Waals surface area contributed by atoms with Crippen LogP contribution in [0.4, 0.5) is 0 Å². The van der Waals surface area contributed by atoms with Gasteiger partial charge in [0.25, 0.3) is 0 Å². The van der Waals surface area contributed by atoms with Crippen LogP contribution in [0.5, 0.6) is 0 Å². The number of para-hydroxylation sites is 4. The molecule has 0 saturated carbocycles. The van der Waals surface area contributed by atoms with Gasteiger partial charge in [0.2, 0.25) is 0 Å².